The minimum atomic E-state index is -4.42. The second-order valence-corrected chi connectivity index (χ2v) is 9.04. The number of halogens is 3. The fourth-order valence-corrected chi connectivity index (χ4v) is 3.40. The van der Waals surface area contributed by atoms with Gasteiger partial charge in [-0.3, -0.25) is 0 Å². The Kier molecular flexibility index (Phi) is 5.61. The molecule has 0 unspecified atom stereocenters. The Balaban J connectivity index is 2.70. The molecule has 146 valence electrons. The van der Waals surface area contributed by atoms with Crippen LogP contribution >= 0.6 is 0 Å². The van der Waals surface area contributed by atoms with E-state index in [1.807, 2.05) is 53.7 Å². The summed E-state index contributed by atoms with van der Waals surface area (Å²) in [5.41, 5.74) is 1.42. The first kappa shape index (κ1) is 21.2. The van der Waals surface area contributed by atoms with Gasteiger partial charge in [0.25, 0.3) is 0 Å². The zero-order valence-corrected chi connectivity index (χ0v) is 16.7. The van der Waals surface area contributed by atoms with Crippen LogP contribution in [0, 0.1) is 16.7 Å². The highest BCUT2D eigenvalue weighted by atomic mass is 19.4. The van der Waals surface area contributed by atoms with Crippen molar-refractivity contribution in [3.63, 3.8) is 0 Å². The van der Waals surface area contributed by atoms with Crippen molar-refractivity contribution < 1.29 is 18.0 Å². The van der Waals surface area contributed by atoms with Crippen LogP contribution < -0.4 is 0 Å². The predicted octanol–water partition coefficient (Wildman–Crippen LogP) is 6.86. The summed E-state index contributed by atoms with van der Waals surface area (Å²) in [5.74, 6) is -0.361. The van der Waals surface area contributed by atoms with Gasteiger partial charge in [0.2, 0.25) is 0 Å². The van der Waals surface area contributed by atoms with Gasteiger partial charge in [-0.2, -0.15) is 13.2 Å². The van der Waals surface area contributed by atoms with Gasteiger partial charge in [0.15, 0.2) is 0 Å². The number of hydrogen-bond acceptors (Lipinski definition) is 1. The van der Waals surface area contributed by atoms with Crippen molar-refractivity contribution in [3.8, 4) is 0 Å². The molecule has 0 N–H and O–H groups in total. The van der Waals surface area contributed by atoms with Gasteiger partial charge in [0, 0.05) is 0 Å². The van der Waals surface area contributed by atoms with E-state index in [0.717, 1.165) is 23.5 Å². The summed E-state index contributed by atoms with van der Waals surface area (Å²) in [4.78, 5) is 11.9. The molecule has 0 saturated carbocycles. The van der Waals surface area contributed by atoms with Gasteiger partial charge in [-0.1, -0.05) is 71.9 Å². The van der Waals surface area contributed by atoms with Crippen molar-refractivity contribution >= 4 is 12.4 Å². The average Bonchev–Trinajstić information content (AvgIpc) is 2.52. The molecule has 0 saturated heterocycles. The van der Waals surface area contributed by atoms with Crippen LogP contribution in [-0.2, 0) is 11.0 Å². The minimum Gasteiger partial charge on any atom is -0.302 e. The van der Waals surface area contributed by atoms with E-state index in [2.05, 4.69) is 0 Å². The molecule has 1 aliphatic rings. The first-order valence-electron chi connectivity index (χ1n) is 9.02. The van der Waals surface area contributed by atoms with E-state index in [1.54, 1.807) is 12.1 Å². The monoisotopic (exact) mass is 376 g/mol. The van der Waals surface area contributed by atoms with Crippen molar-refractivity contribution in [1.29, 1.82) is 0 Å². The molecule has 0 atom stereocenters. The summed E-state index contributed by atoms with van der Waals surface area (Å²) in [7, 11) is 0. The first-order valence-corrected chi connectivity index (χ1v) is 9.02. The van der Waals surface area contributed by atoms with E-state index in [4.69, 9.17) is 0 Å². The molecular weight excluding hydrogens is 349 g/mol. The molecule has 0 radical (unpaired) electrons. The number of benzene rings is 1. The quantitative estimate of drug-likeness (QED) is 0.515. The van der Waals surface area contributed by atoms with E-state index in [0.29, 0.717) is 5.57 Å². The molecule has 27 heavy (non-hydrogen) atoms. The Morgan fingerprint density at radius 1 is 0.852 bits per heavy atom. The molecule has 1 aromatic carbocycles. The van der Waals surface area contributed by atoms with Gasteiger partial charge in [0.05, 0.1) is 11.5 Å². The highest BCUT2D eigenvalue weighted by molar-refractivity contribution is 5.73. The van der Waals surface area contributed by atoms with Crippen LogP contribution in [0.4, 0.5) is 13.2 Å². The van der Waals surface area contributed by atoms with E-state index in [1.165, 1.54) is 12.1 Å². The molecule has 0 aromatic heterocycles. The summed E-state index contributed by atoms with van der Waals surface area (Å²) in [5, 5.41) is 0. The molecule has 0 aliphatic heterocycles. The zero-order valence-electron chi connectivity index (χ0n) is 16.7. The van der Waals surface area contributed by atoms with Gasteiger partial charge in [-0.15, -0.1) is 0 Å². The number of hydrogen-bond donors (Lipinski definition) is 0. The molecule has 0 fully saturated rings. The van der Waals surface area contributed by atoms with Crippen molar-refractivity contribution in [2.75, 3.05) is 0 Å². The van der Waals surface area contributed by atoms with Crippen LogP contribution in [0.25, 0.3) is 6.08 Å². The van der Waals surface area contributed by atoms with E-state index in [9.17, 15) is 18.0 Å². The normalized spacial score (nSPS) is 18.7. The fraction of sp³-hybridized carbons (Fsp3) is 0.435. The molecule has 1 nitrogen and oxygen atoms in total. The maximum atomic E-state index is 13.3. The minimum absolute atomic E-state index is 0.124. The van der Waals surface area contributed by atoms with Gasteiger partial charge in [-0.05, 0) is 45.3 Å². The van der Waals surface area contributed by atoms with Crippen LogP contribution in [-0.4, -0.2) is 6.29 Å². The summed E-state index contributed by atoms with van der Waals surface area (Å²) in [6, 6.07) is 5.55. The number of aldehydes is 1. The van der Waals surface area contributed by atoms with Crippen molar-refractivity contribution in [1.82, 2.24) is 0 Å². The largest absolute Gasteiger partial charge is 0.416 e. The molecule has 0 amide bonds. The molecule has 0 bridgehead atoms. The van der Waals surface area contributed by atoms with Crippen LogP contribution in [0.3, 0.4) is 0 Å². The van der Waals surface area contributed by atoms with Gasteiger partial charge in [-0.25, -0.2) is 0 Å². The second-order valence-electron chi connectivity index (χ2n) is 9.04. The van der Waals surface area contributed by atoms with Gasteiger partial charge >= 0.3 is 6.18 Å². The Morgan fingerprint density at radius 2 is 1.33 bits per heavy atom. The SMILES string of the molecule is CC(C)(C)C1=CC(=Cc2ccccc2C(F)(F)F)C=C(C(C)(C)C)C1C=O. The Bertz CT molecular complexity index is 775. The smallest absolute Gasteiger partial charge is 0.302 e. The van der Waals surface area contributed by atoms with E-state index < -0.39 is 11.7 Å². The predicted molar refractivity (Wildman–Crippen MR) is 104 cm³/mol. The van der Waals surface area contributed by atoms with Crippen LogP contribution in [0.15, 0.2) is 53.1 Å². The standard InChI is InChI=1S/C23H27F3O/c1-21(2,3)19-12-15(13-20(17(19)14-27)22(4,5)6)11-16-9-7-8-10-18(16)23(24,25)26/h7-14,17H,1-6H3. The maximum Gasteiger partial charge on any atom is 0.416 e. The number of alkyl halides is 3. The van der Waals surface area contributed by atoms with Crippen molar-refractivity contribution in [2.45, 2.75) is 47.7 Å². The lowest BCUT2D eigenvalue weighted by molar-refractivity contribution is -0.137. The lowest BCUT2D eigenvalue weighted by Gasteiger charge is -2.37. The lowest BCUT2D eigenvalue weighted by Crippen LogP contribution is -2.28. The highest BCUT2D eigenvalue weighted by Crippen LogP contribution is 2.45. The number of carbonyl (C=O) groups excluding carboxylic acids is 1. The first-order chi connectivity index (χ1) is 12.2. The molecule has 0 spiro atoms. The highest BCUT2D eigenvalue weighted by Gasteiger charge is 2.36. The average molecular weight is 376 g/mol. The molecule has 1 aliphatic carbocycles. The number of rotatable bonds is 2. The van der Waals surface area contributed by atoms with Crippen LogP contribution in [0.5, 0.6) is 0 Å². The third kappa shape index (κ3) is 4.79. The van der Waals surface area contributed by atoms with Crippen molar-refractivity contribution in [2.24, 2.45) is 16.7 Å². The summed E-state index contributed by atoms with van der Waals surface area (Å²) in [6.07, 6.45) is 1.81. The molecular formula is C23H27F3O. The summed E-state index contributed by atoms with van der Waals surface area (Å²) in [6.45, 7) is 12.1. The number of carbonyl (C=O) groups is 1. The third-order valence-electron chi connectivity index (χ3n) is 4.77. The topological polar surface area (TPSA) is 17.1 Å². The fourth-order valence-electron chi connectivity index (χ4n) is 3.40. The van der Waals surface area contributed by atoms with Gasteiger partial charge in [0.1, 0.15) is 6.29 Å². The molecule has 1 aromatic rings. The van der Waals surface area contributed by atoms with Gasteiger partial charge < -0.3 is 4.79 Å². The molecule has 4 heteroatoms. The number of allylic oxidation sites excluding steroid dienone is 5. The third-order valence-corrected chi connectivity index (χ3v) is 4.77. The zero-order chi connectivity index (χ0) is 20.6. The lowest BCUT2D eigenvalue weighted by atomic mass is 9.67. The van der Waals surface area contributed by atoms with Crippen LogP contribution in [0.1, 0.15) is 52.7 Å². The molecule has 0 heterocycles. The Morgan fingerprint density at radius 3 is 1.74 bits per heavy atom. The second kappa shape index (κ2) is 7.14. The maximum absolute atomic E-state index is 13.3. The van der Waals surface area contributed by atoms with Crippen molar-refractivity contribution in [3.05, 3.63) is 64.3 Å². The Hall–Kier alpha value is -2.10. The Labute approximate surface area is 159 Å². The summed E-state index contributed by atoms with van der Waals surface area (Å²) >= 11 is 0. The summed E-state index contributed by atoms with van der Waals surface area (Å²) < 4.78 is 40.0. The van der Waals surface area contributed by atoms with E-state index in [-0.39, 0.29) is 22.3 Å². The van der Waals surface area contributed by atoms with E-state index >= 15 is 0 Å². The van der Waals surface area contributed by atoms with Crippen LogP contribution in [0.2, 0.25) is 0 Å². The molecule has 2 rings (SSSR count).